The zero-order valence-corrected chi connectivity index (χ0v) is 16.2. The van der Waals surface area contributed by atoms with Crippen LogP contribution in [0.3, 0.4) is 0 Å². The van der Waals surface area contributed by atoms with Crippen molar-refractivity contribution in [1.82, 2.24) is 4.90 Å². The highest BCUT2D eigenvalue weighted by Gasteiger charge is 2.10. The number of thioether (sulfide) groups is 1. The van der Waals surface area contributed by atoms with Crippen molar-refractivity contribution in [3.63, 3.8) is 0 Å². The second-order valence-corrected chi connectivity index (χ2v) is 7.45. The summed E-state index contributed by atoms with van der Waals surface area (Å²) in [5.41, 5.74) is 2.35. The number of rotatable bonds is 6. The first-order valence-corrected chi connectivity index (χ1v) is 9.54. The second kappa shape index (κ2) is 8.28. The minimum Gasteiger partial charge on any atom is -0.497 e. The molecular weight excluding hydrogens is 342 g/mol. The van der Waals surface area contributed by atoms with Crippen molar-refractivity contribution >= 4 is 28.4 Å². The van der Waals surface area contributed by atoms with Gasteiger partial charge >= 0.3 is 0 Å². The average molecular weight is 365 g/mol. The Kier molecular flexibility index (Phi) is 5.84. The number of amides is 1. The Labute approximate surface area is 159 Å². The van der Waals surface area contributed by atoms with E-state index in [-0.39, 0.29) is 5.91 Å². The Morgan fingerprint density at radius 3 is 2.42 bits per heavy atom. The Hall–Kier alpha value is -2.46. The molecule has 0 fully saturated rings. The summed E-state index contributed by atoms with van der Waals surface area (Å²) in [6.45, 7) is 2.67. The van der Waals surface area contributed by atoms with Gasteiger partial charge < -0.3 is 9.64 Å². The number of carbonyl (C=O) groups is 1. The fourth-order valence-corrected chi connectivity index (χ4v) is 3.59. The lowest BCUT2D eigenvalue weighted by Gasteiger charge is -2.17. The van der Waals surface area contributed by atoms with Gasteiger partial charge in [0.1, 0.15) is 5.75 Å². The molecule has 0 saturated heterocycles. The van der Waals surface area contributed by atoms with Crippen LogP contribution in [0, 0.1) is 6.92 Å². The minimum absolute atomic E-state index is 0.130. The highest BCUT2D eigenvalue weighted by atomic mass is 32.2. The van der Waals surface area contributed by atoms with E-state index in [4.69, 9.17) is 4.74 Å². The normalized spacial score (nSPS) is 10.7. The zero-order valence-electron chi connectivity index (χ0n) is 15.4. The molecule has 3 aromatic carbocycles. The van der Waals surface area contributed by atoms with Gasteiger partial charge in [-0.05, 0) is 53.6 Å². The second-order valence-electron chi connectivity index (χ2n) is 6.40. The molecular formula is C22H23NO2S. The lowest BCUT2D eigenvalue weighted by molar-refractivity contribution is -0.127. The molecule has 26 heavy (non-hydrogen) atoms. The van der Waals surface area contributed by atoms with Gasteiger partial charge in [0.2, 0.25) is 5.91 Å². The van der Waals surface area contributed by atoms with E-state index in [1.165, 1.54) is 5.56 Å². The molecule has 0 spiro atoms. The summed E-state index contributed by atoms with van der Waals surface area (Å²) < 4.78 is 5.26. The van der Waals surface area contributed by atoms with Gasteiger partial charge in [-0.3, -0.25) is 4.79 Å². The van der Waals surface area contributed by atoms with Gasteiger partial charge in [-0.1, -0.05) is 35.9 Å². The van der Waals surface area contributed by atoms with Crippen LogP contribution in [0.4, 0.5) is 0 Å². The maximum absolute atomic E-state index is 12.4. The number of hydrogen-bond acceptors (Lipinski definition) is 3. The standard InChI is InChI=1S/C22H23NO2S/c1-16-4-10-21(11-5-16)26-15-22(24)23(2)14-17-6-7-19-13-20(25-3)9-8-18(19)12-17/h4-13H,14-15H2,1-3H3. The monoisotopic (exact) mass is 365 g/mol. The molecule has 3 rings (SSSR count). The molecule has 0 saturated carbocycles. The summed E-state index contributed by atoms with van der Waals surface area (Å²) in [5, 5.41) is 2.29. The number of nitrogens with zero attached hydrogens (tertiary/aromatic N) is 1. The predicted molar refractivity (Wildman–Crippen MR) is 109 cm³/mol. The van der Waals surface area contributed by atoms with E-state index in [0.29, 0.717) is 12.3 Å². The van der Waals surface area contributed by atoms with E-state index in [0.717, 1.165) is 27.0 Å². The molecule has 0 bridgehead atoms. The van der Waals surface area contributed by atoms with E-state index in [1.54, 1.807) is 23.8 Å². The number of hydrogen-bond donors (Lipinski definition) is 0. The molecule has 0 aromatic heterocycles. The van der Waals surface area contributed by atoms with Crippen LogP contribution in [-0.4, -0.2) is 30.7 Å². The fraction of sp³-hybridized carbons (Fsp3) is 0.227. The quantitative estimate of drug-likeness (QED) is 0.582. The summed E-state index contributed by atoms with van der Waals surface area (Å²) in [4.78, 5) is 15.3. The largest absolute Gasteiger partial charge is 0.497 e. The Balaban J connectivity index is 1.61. The van der Waals surface area contributed by atoms with Gasteiger partial charge in [-0.25, -0.2) is 0 Å². The van der Waals surface area contributed by atoms with Gasteiger partial charge in [0.25, 0.3) is 0 Å². The summed E-state index contributed by atoms with van der Waals surface area (Å²) in [6, 6.07) is 20.6. The van der Waals surface area contributed by atoms with E-state index >= 15 is 0 Å². The molecule has 1 amide bonds. The van der Waals surface area contributed by atoms with Crippen LogP contribution < -0.4 is 4.74 Å². The van der Waals surface area contributed by atoms with Crippen LogP contribution in [0.5, 0.6) is 5.75 Å². The van der Waals surface area contributed by atoms with Crippen LogP contribution >= 0.6 is 11.8 Å². The Bertz CT molecular complexity index is 906. The Morgan fingerprint density at radius 2 is 1.69 bits per heavy atom. The van der Waals surface area contributed by atoms with Crippen LogP contribution in [0.15, 0.2) is 65.6 Å². The van der Waals surface area contributed by atoms with Gasteiger partial charge in [0.15, 0.2) is 0 Å². The molecule has 0 aliphatic carbocycles. The van der Waals surface area contributed by atoms with Crippen molar-refractivity contribution in [1.29, 1.82) is 0 Å². The smallest absolute Gasteiger partial charge is 0.232 e. The first kappa shape index (κ1) is 18.3. The summed E-state index contributed by atoms with van der Waals surface area (Å²) >= 11 is 1.58. The third kappa shape index (κ3) is 4.58. The third-order valence-corrected chi connectivity index (χ3v) is 5.34. The average Bonchev–Trinajstić information content (AvgIpc) is 2.66. The zero-order chi connectivity index (χ0) is 18.5. The van der Waals surface area contributed by atoms with E-state index in [1.807, 2.05) is 25.2 Å². The molecule has 0 unspecified atom stereocenters. The summed E-state index contributed by atoms with van der Waals surface area (Å²) in [5.74, 6) is 1.43. The fourth-order valence-electron chi connectivity index (χ4n) is 2.75. The van der Waals surface area contributed by atoms with Crippen molar-refractivity contribution in [3.05, 3.63) is 71.8 Å². The molecule has 0 aliphatic heterocycles. The van der Waals surface area contributed by atoms with Crippen LogP contribution in [0.2, 0.25) is 0 Å². The number of methoxy groups -OCH3 is 1. The highest BCUT2D eigenvalue weighted by Crippen LogP contribution is 2.23. The van der Waals surface area contributed by atoms with E-state index in [9.17, 15) is 4.79 Å². The third-order valence-electron chi connectivity index (χ3n) is 4.34. The molecule has 0 aliphatic rings. The lowest BCUT2D eigenvalue weighted by Crippen LogP contribution is -2.27. The van der Waals surface area contributed by atoms with Crippen molar-refractivity contribution < 1.29 is 9.53 Å². The van der Waals surface area contributed by atoms with Gasteiger partial charge in [0.05, 0.1) is 12.9 Å². The number of carbonyl (C=O) groups excluding carboxylic acids is 1. The highest BCUT2D eigenvalue weighted by molar-refractivity contribution is 8.00. The van der Waals surface area contributed by atoms with Crippen molar-refractivity contribution in [2.75, 3.05) is 19.9 Å². The number of benzene rings is 3. The molecule has 0 radical (unpaired) electrons. The predicted octanol–water partition coefficient (Wildman–Crippen LogP) is 4.91. The topological polar surface area (TPSA) is 29.5 Å². The molecule has 0 N–H and O–H groups in total. The maximum Gasteiger partial charge on any atom is 0.232 e. The van der Waals surface area contributed by atoms with Gasteiger partial charge in [-0.15, -0.1) is 11.8 Å². The number of aryl methyl sites for hydroxylation is 1. The first-order chi connectivity index (χ1) is 12.5. The summed E-state index contributed by atoms with van der Waals surface area (Å²) in [6.07, 6.45) is 0. The van der Waals surface area contributed by atoms with Crippen molar-refractivity contribution in [3.8, 4) is 5.75 Å². The molecule has 134 valence electrons. The lowest BCUT2D eigenvalue weighted by atomic mass is 10.1. The van der Waals surface area contributed by atoms with Crippen molar-refractivity contribution in [2.24, 2.45) is 0 Å². The van der Waals surface area contributed by atoms with Crippen LogP contribution in [0.25, 0.3) is 10.8 Å². The number of ether oxygens (including phenoxy) is 1. The molecule has 0 heterocycles. The van der Waals surface area contributed by atoms with Gasteiger partial charge in [0, 0.05) is 18.5 Å². The van der Waals surface area contributed by atoms with Crippen LogP contribution in [0.1, 0.15) is 11.1 Å². The molecule has 3 nitrogen and oxygen atoms in total. The van der Waals surface area contributed by atoms with E-state index in [2.05, 4.69) is 49.4 Å². The number of fused-ring (bicyclic) bond motifs is 1. The maximum atomic E-state index is 12.4. The van der Waals surface area contributed by atoms with Crippen molar-refractivity contribution in [2.45, 2.75) is 18.4 Å². The Morgan fingerprint density at radius 1 is 1.00 bits per heavy atom. The summed E-state index contributed by atoms with van der Waals surface area (Å²) in [7, 11) is 3.53. The SMILES string of the molecule is COc1ccc2cc(CN(C)C(=O)CSc3ccc(C)cc3)ccc2c1. The molecule has 3 aromatic rings. The van der Waals surface area contributed by atoms with Crippen LogP contribution in [-0.2, 0) is 11.3 Å². The van der Waals surface area contributed by atoms with E-state index < -0.39 is 0 Å². The minimum atomic E-state index is 0.130. The molecule has 4 heteroatoms. The first-order valence-electron chi connectivity index (χ1n) is 8.55. The van der Waals surface area contributed by atoms with Gasteiger partial charge in [-0.2, -0.15) is 0 Å². The molecule has 0 atom stereocenters.